The van der Waals surface area contributed by atoms with Crippen molar-refractivity contribution in [2.24, 2.45) is 45.3 Å². The molecule has 0 amide bonds. The molecule has 0 aromatic rings. The summed E-state index contributed by atoms with van der Waals surface area (Å²) in [6.45, 7) is 17.3. The van der Waals surface area contributed by atoms with Gasteiger partial charge in [-0.2, -0.15) is 0 Å². The minimum Gasteiger partial charge on any atom is -0.393 e. The molecule has 4 N–H and O–H groups in total. The van der Waals surface area contributed by atoms with Gasteiger partial charge in [0.1, 0.15) is 0 Å². The summed E-state index contributed by atoms with van der Waals surface area (Å²) in [6.07, 6.45) is 5.61. The van der Waals surface area contributed by atoms with Crippen molar-refractivity contribution in [3.05, 3.63) is 0 Å². The Morgan fingerprint density at radius 2 is 1.46 bits per heavy atom. The van der Waals surface area contributed by atoms with Gasteiger partial charge in [-0.15, -0.1) is 0 Å². The van der Waals surface area contributed by atoms with E-state index in [1.165, 1.54) is 0 Å². The Hall–Kier alpha value is -0.200. The fourth-order valence-corrected chi connectivity index (χ4v) is 11.3. The van der Waals surface area contributed by atoms with Crippen molar-refractivity contribution < 1.29 is 25.2 Å². The van der Waals surface area contributed by atoms with Crippen molar-refractivity contribution in [2.45, 2.75) is 142 Å². The van der Waals surface area contributed by atoms with Crippen LogP contribution in [0, 0.1) is 45.3 Å². The predicted octanol–water partition coefficient (Wildman–Crippen LogP) is 4.68. The highest BCUT2D eigenvalue weighted by Gasteiger charge is 2.73. The van der Waals surface area contributed by atoms with Crippen LogP contribution in [0.5, 0.6) is 0 Å². The lowest BCUT2D eigenvalue weighted by Gasteiger charge is -2.71. The highest BCUT2D eigenvalue weighted by molar-refractivity contribution is 5.22. The molecule has 6 unspecified atom stereocenters. The third kappa shape index (κ3) is 3.36. The van der Waals surface area contributed by atoms with E-state index in [4.69, 9.17) is 4.74 Å². The zero-order chi connectivity index (χ0) is 26.0. The summed E-state index contributed by atoms with van der Waals surface area (Å²) >= 11 is 0. The number of hydrogen-bond acceptors (Lipinski definition) is 5. The van der Waals surface area contributed by atoms with Gasteiger partial charge in [0, 0.05) is 0 Å². The second kappa shape index (κ2) is 7.68. The minimum atomic E-state index is -0.864. The Kier molecular flexibility index (Phi) is 5.80. The molecule has 1 aliphatic heterocycles. The summed E-state index contributed by atoms with van der Waals surface area (Å²) in [5.41, 5.74) is -1.83. The molecule has 202 valence electrons. The number of fused-ring (bicyclic) bond motifs is 5. The molecule has 0 spiro atoms. The van der Waals surface area contributed by atoms with Crippen LogP contribution < -0.4 is 0 Å². The van der Waals surface area contributed by atoms with E-state index in [1.807, 2.05) is 13.8 Å². The SMILES string of the molecule is CC(C)(O)C1CCC(C)(C2CC[C@]3(C)C2[C@H](O)CC2[C@@]4(C)CC[C@H](O)C(C)(C)C4[C@@H](O)C[C@]23C)O1. The standard InChI is InChI=1S/C30H52O5/c1-25(2)21(33)10-12-27(5)20-15-18(31)23-17(30(8)14-11-22(35-30)26(3,4)34)9-13-28(23,6)29(20,7)16-19(32)24(25)27/h17-24,31-34H,9-16H2,1-8H3/t17?,18-,19+,20?,21+,22?,23?,24?,27-,28-,29-,30?/m1/s1. The van der Waals surface area contributed by atoms with Crippen LogP contribution in [-0.2, 0) is 4.74 Å². The molecule has 1 heterocycles. The van der Waals surface area contributed by atoms with E-state index < -0.39 is 23.9 Å². The van der Waals surface area contributed by atoms with Crippen molar-refractivity contribution in [1.82, 2.24) is 0 Å². The van der Waals surface area contributed by atoms with E-state index in [0.29, 0.717) is 5.92 Å². The van der Waals surface area contributed by atoms with E-state index in [2.05, 4.69) is 41.5 Å². The molecule has 0 bridgehead atoms. The quantitative estimate of drug-likeness (QED) is 0.449. The zero-order valence-electron chi connectivity index (χ0n) is 23.5. The van der Waals surface area contributed by atoms with Gasteiger partial charge in [-0.1, -0.05) is 34.6 Å². The van der Waals surface area contributed by atoms with Crippen molar-refractivity contribution >= 4 is 0 Å². The number of ether oxygens (including phenoxy) is 1. The monoisotopic (exact) mass is 492 g/mol. The third-order valence-corrected chi connectivity index (χ3v) is 13.1. The Morgan fingerprint density at radius 1 is 0.800 bits per heavy atom. The maximum absolute atomic E-state index is 11.9. The average molecular weight is 493 g/mol. The van der Waals surface area contributed by atoms with Crippen LogP contribution in [0.2, 0.25) is 0 Å². The first-order chi connectivity index (χ1) is 15.9. The molecule has 5 nitrogen and oxygen atoms in total. The third-order valence-electron chi connectivity index (χ3n) is 13.1. The van der Waals surface area contributed by atoms with Gasteiger partial charge in [0.2, 0.25) is 0 Å². The van der Waals surface area contributed by atoms with E-state index in [1.54, 1.807) is 0 Å². The number of hydrogen-bond donors (Lipinski definition) is 4. The van der Waals surface area contributed by atoms with Crippen LogP contribution in [0.25, 0.3) is 0 Å². The maximum atomic E-state index is 11.9. The molecular formula is C30H52O5. The molecule has 5 fully saturated rings. The highest BCUT2D eigenvalue weighted by atomic mass is 16.5. The van der Waals surface area contributed by atoms with Gasteiger partial charge in [0.05, 0.1) is 35.6 Å². The molecule has 4 aliphatic carbocycles. The van der Waals surface area contributed by atoms with Crippen LogP contribution >= 0.6 is 0 Å². The Bertz CT molecular complexity index is 850. The summed E-state index contributed by atoms with van der Waals surface area (Å²) in [5.74, 6) is 0.722. The highest BCUT2D eigenvalue weighted by Crippen LogP contribution is 2.76. The zero-order valence-corrected chi connectivity index (χ0v) is 23.5. The van der Waals surface area contributed by atoms with E-state index >= 15 is 0 Å². The molecule has 5 heteroatoms. The van der Waals surface area contributed by atoms with Gasteiger partial charge in [-0.05, 0) is 117 Å². The van der Waals surface area contributed by atoms with Gasteiger partial charge >= 0.3 is 0 Å². The Labute approximate surface area is 213 Å². The molecule has 0 radical (unpaired) electrons. The summed E-state index contributed by atoms with van der Waals surface area (Å²) in [4.78, 5) is 0. The number of aliphatic hydroxyl groups is 4. The molecule has 12 atom stereocenters. The van der Waals surface area contributed by atoms with Crippen LogP contribution in [-0.4, -0.2) is 56.0 Å². The first-order valence-corrected chi connectivity index (χ1v) is 14.4. The molecule has 5 rings (SSSR count). The van der Waals surface area contributed by atoms with Gasteiger partial charge in [-0.25, -0.2) is 0 Å². The van der Waals surface area contributed by atoms with Crippen molar-refractivity contribution in [3.63, 3.8) is 0 Å². The minimum absolute atomic E-state index is 0.0320. The second-order valence-corrected chi connectivity index (χ2v) is 15.6. The van der Waals surface area contributed by atoms with Crippen LogP contribution in [0.15, 0.2) is 0 Å². The number of rotatable bonds is 2. The maximum Gasteiger partial charge on any atom is 0.0865 e. The lowest BCUT2D eigenvalue weighted by Crippen LogP contribution is -2.69. The first-order valence-electron chi connectivity index (χ1n) is 14.4. The van der Waals surface area contributed by atoms with Crippen molar-refractivity contribution in [1.29, 1.82) is 0 Å². The van der Waals surface area contributed by atoms with Gasteiger partial charge in [-0.3, -0.25) is 0 Å². The lowest BCUT2D eigenvalue weighted by atomic mass is 9.34. The summed E-state index contributed by atoms with van der Waals surface area (Å²) in [7, 11) is 0. The summed E-state index contributed by atoms with van der Waals surface area (Å²) in [5, 5.41) is 45.2. The Balaban J connectivity index is 1.51. The average Bonchev–Trinajstić information content (AvgIpc) is 3.30. The fraction of sp³-hybridized carbons (Fsp3) is 1.00. The molecule has 35 heavy (non-hydrogen) atoms. The van der Waals surface area contributed by atoms with E-state index in [9.17, 15) is 20.4 Å². The van der Waals surface area contributed by atoms with Crippen molar-refractivity contribution in [2.75, 3.05) is 0 Å². The molecule has 5 aliphatic rings. The van der Waals surface area contributed by atoms with Gasteiger partial charge in [0.15, 0.2) is 0 Å². The van der Waals surface area contributed by atoms with Crippen LogP contribution in [0.1, 0.15) is 107 Å². The number of aliphatic hydroxyl groups excluding tert-OH is 3. The van der Waals surface area contributed by atoms with E-state index in [-0.39, 0.29) is 51.1 Å². The molecule has 0 aromatic heterocycles. The smallest absolute Gasteiger partial charge is 0.0865 e. The van der Waals surface area contributed by atoms with E-state index in [0.717, 1.165) is 51.4 Å². The normalized spacial score (nSPS) is 57.9. The van der Waals surface area contributed by atoms with Crippen LogP contribution in [0.4, 0.5) is 0 Å². The van der Waals surface area contributed by atoms with Crippen molar-refractivity contribution in [3.8, 4) is 0 Å². The Morgan fingerprint density at radius 3 is 2.06 bits per heavy atom. The predicted molar refractivity (Wildman–Crippen MR) is 137 cm³/mol. The topological polar surface area (TPSA) is 90.2 Å². The fourth-order valence-electron chi connectivity index (χ4n) is 11.3. The first kappa shape index (κ1) is 26.4. The van der Waals surface area contributed by atoms with Gasteiger partial charge in [0.25, 0.3) is 0 Å². The largest absolute Gasteiger partial charge is 0.393 e. The summed E-state index contributed by atoms with van der Waals surface area (Å²) < 4.78 is 6.64. The summed E-state index contributed by atoms with van der Waals surface area (Å²) in [6, 6.07) is 0. The molecule has 0 aromatic carbocycles. The molecule has 1 saturated heterocycles. The second-order valence-electron chi connectivity index (χ2n) is 15.6. The van der Waals surface area contributed by atoms with Crippen LogP contribution in [0.3, 0.4) is 0 Å². The lowest BCUT2D eigenvalue weighted by molar-refractivity contribution is -0.275. The molecule has 4 saturated carbocycles. The van der Waals surface area contributed by atoms with Gasteiger partial charge < -0.3 is 25.2 Å². The molecular weight excluding hydrogens is 440 g/mol.